The predicted molar refractivity (Wildman–Crippen MR) is 317 cm³/mol. The van der Waals surface area contributed by atoms with Gasteiger partial charge in [0.15, 0.2) is 5.96 Å². The van der Waals surface area contributed by atoms with E-state index in [4.69, 9.17) is 68.3 Å². The van der Waals surface area contributed by atoms with Gasteiger partial charge in [0.05, 0.1) is 177 Å². The highest BCUT2D eigenvalue weighted by Crippen LogP contribution is 2.15. The Morgan fingerprint density at radius 3 is 1.42 bits per heavy atom. The van der Waals surface area contributed by atoms with Gasteiger partial charge in [-0.3, -0.25) is 43.3 Å². The largest absolute Gasteiger partial charge is 0.481 e. The number of carbonyl (C=O) groups is 8. The van der Waals surface area contributed by atoms with Crippen molar-refractivity contribution in [3.05, 3.63) is 71.8 Å². The second kappa shape index (κ2) is 49.9. The Balaban J connectivity index is 0.976. The molecule has 2 aromatic carbocycles. The Hall–Kier alpha value is -7.07. The maximum Gasteiger partial charge on any atom is 0.305 e. The van der Waals surface area contributed by atoms with Crippen LogP contribution in [0.3, 0.4) is 0 Å². The van der Waals surface area contributed by atoms with Crippen molar-refractivity contribution < 1.29 is 100 Å². The Morgan fingerprint density at radius 1 is 0.511 bits per heavy atom. The number of nitrogens with two attached hydrogens (primary N) is 2. The minimum atomic E-state index is -1.41. The number of carbonyl (C=O) groups excluding carboxylic acids is 7. The minimum Gasteiger partial charge on any atom is -0.481 e. The van der Waals surface area contributed by atoms with Crippen molar-refractivity contribution in [1.82, 2.24) is 26.2 Å². The molecule has 0 saturated heterocycles. The monoisotopic (exact) mass is 1250 g/mol. The molecule has 30 nitrogen and oxygen atoms in total. The molecule has 1 aliphatic rings. The number of aliphatic carboxylic acids is 1. The number of aryl methyl sites for hydroxylation is 1. The summed E-state index contributed by atoms with van der Waals surface area (Å²) < 4.78 is 65.9. The number of rotatable bonds is 56. The lowest BCUT2D eigenvalue weighted by atomic mass is 10.1. The van der Waals surface area contributed by atoms with Crippen molar-refractivity contribution in [1.29, 1.82) is 0 Å². The first-order valence-corrected chi connectivity index (χ1v) is 29.2. The highest BCUT2D eigenvalue weighted by atomic mass is 16.6. The van der Waals surface area contributed by atoms with E-state index < -0.39 is 54.5 Å². The molecule has 2 aromatic rings. The van der Waals surface area contributed by atoms with Crippen molar-refractivity contribution in [2.45, 2.75) is 44.6 Å². The summed E-state index contributed by atoms with van der Waals surface area (Å²) in [6, 6.07) is 11.6. The Labute approximate surface area is 512 Å². The number of benzene rings is 2. The smallest absolute Gasteiger partial charge is 0.305 e. The average Bonchev–Trinajstić information content (AvgIpc) is 4.07. The molecule has 0 fully saturated rings. The number of imide groups is 1. The highest BCUT2D eigenvalue weighted by Gasteiger charge is 2.25. The molecule has 0 spiro atoms. The zero-order valence-electron chi connectivity index (χ0n) is 50.1. The van der Waals surface area contributed by atoms with Gasteiger partial charge in [0.1, 0.15) is 6.04 Å². The van der Waals surface area contributed by atoms with Gasteiger partial charge in [-0.05, 0) is 55.2 Å². The maximum atomic E-state index is 13.0. The van der Waals surface area contributed by atoms with Crippen molar-refractivity contribution in [3.63, 3.8) is 0 Å². The van der Waals surface area contributed by atoms with Crippen LogP contribution in [0.1, 0.15) is 48.0 Å². The van der Waals surface area contributed by atoms with E-state index in [2.05, 4.69) is 31.6 Å². The van der Waals surface area contributed by atoms with E-state index in [1.165, 1.54) is 24.3 Å². The number of carboxylic acid groups (broad SMARTS) is 1. The molecule has 10 N–H and O–H groups in total. The zero-order valence-corrected chi connectivity index (χ0v) is 50.1. The van der Waals surface area contributed by atoms with Crippen LogP contribution in [0.4, 0.5) is 11.4 Å². The van der Waals surface area contributed by atoms with E-state index in [1.807, 2.05) is 12.1 Å². The molecule has 3 rings (SSSR count). The van der Waals surface area contributed by atoms with E-state index in [1.54, 1.807) is 24.3 Å². The van der Waals surface area contributed by atoms with Crippen LogP contribution in [0.2, 0.25) is 0 Å². The quantitative estimate of drug-likeness (QED) is 0.0177. The third-order valence-electron chi connectivity index (χ3n) is 11.8. The number of ether oxygens (including phenoxy) is 12. The van der Waals surface area contributed by atoms with Gasteiger partial charge in [-0.15, -0.1) is 0 Å². The minimum absolute atomic E-state index is 0.0367. The van der Waals surface area contributed by atoms with Gasteiger partial charge in [0.2, 0.25) is 23.6 Å². The first kappa shape index (κ1) is 75.2. The maximum absolute atomic E-state index is 13.0. The van der Waals surface area contributed by atoms with Gasteiger partial charge in [0.25, 0.3) is 17.7 Å². The average molecular weight is 1250 g/mol. The number of unbranched alkanes of at least 4 members (excludes halogenated alkanes) is 1. The summed E-state index contributed by atoms with van der Waals surface area (Å²) in [6.45, 7) is 10.2. The molecular weight excluding hydrogens is 1160 g/mol. The van der Waals surface area contributed by atoms with Crippen LogP contribution in [0, 0.1) is 0 Å². The number of nitrogens with one attached hydrogen (secondary N) is 5. The summed E-state index contributed by atoms with van der Waals surface area (Å²) in [5.41, 5.74) is 12.6. The Morgan fingerprint density at radius 2 is 0.955 bits per heavy atom. The van der Waals surface area contributed by atoms with Gasteiger partial charge >= 0.3 is 5.97 Å². The molecule has 0 radical (unpaired) electrons. The van der Waals surface area contributed by atoms with Gasteiger partial charge in [0, 0.05) is 55.9 Å². The third kappa shape index (κ3) is 39.7. The van der Waals surface area contributed by atoms with Crippen LogP contribution in [-0.4, -0.2) is 254 Å². The van der Waals surface area contributed by atoms with E-state index in [0.29, 0.717) is 176 Å². The van der Waals surface area contributed by atoms with E-state index in [0.717, 1.165) is 29.7 Å². The van der Waals surface area contributed by atoms with E-state index in [9.17, 15) is 43.5 Å². The fraction of sp³-hybridized carbons (Fsp3) is 0.603. The summed E-state index contributed by atoms with van der Waals surface area (Å²) in [7, 11) is 0. The number of aliphatic imine (C=N–C) groups is 1. The van der Waals surface area contributed by atoms with Crippen molar-refractivity contribution >= 4 is 64.7 Å². The van der Waals surface area contributed by atoms with Crippen LogP contribution in [0.25, 0.3) is 0 Å². The van der Waals surface area contributed by atoms with Crippen molar-refractivity contribution in [2.24, 2.45) is 16.5 Å². The van der Waals surface area contributed by atoms with Gasteiger partial charge < -0.3 is 100 Å². The van der Waals surface area contributed by atoms with Gasteiger partial charge in [-0.2, -0.15) is 0 Å². The van der Waals surface area contributed by atoms with Crippen LogP contribution in [0.15, 0.2) is 65.7 Å². The van der Waals surface area contributed by atoms with Gasteiger partial charge in [-0.25, -0.2) is 4.99 Å². The normalized spacial score (nSPS) is 12.2. The second-order valence-corrected chi connectivity index (χ2v) is 18.8. The van der Waals surface area contributed by atoms with Crippen LogP contribution in [0.5, 0.6) is 0 Å². The summed E-state index contributed by atoms with van der Waals surface area (Å²) >= 11 is 0. The lowest BCUT2D eigenvalue weighted by Gasteiger charge is -2.17. The molecule has 0 bridgehead atoms. The predicted octanol–water partition coefficient (Wildman–Crippen LogP) is -0.621. The zero-order chi connectivity index (χ0) is 63.5. The second-order valence-electron chi connectivity index (χ2n) is 18.8. The number of anilines is 1. The topological polar surface area (TPSA) is 395 Å². The molecule has 7 amide bonds. The molecular formula is C58H89N9O21. The van der Waals surface area contributed by atoms with E-state index in [-0.39, 0.29) is 49.3 Å². The molecule has 0 unspecified atom stereocenters. The molecule has 492 valence electrons. The number of hydrogen-bond acceptors (Lipinski definition) is 21. The first-order valence-electron chi connectivity index (χ1n) is 29.2. The summed E-state index contributed by atoms with van der Waals surface area (Å²) in [5, 5.41) is 22.3. The Kier molecular flexibility index (Phi) is 42.6. The molecule has 0 saturated carbocycles. The molecule has 1 heterocycles. The third-order valence-corrected chi connectivity index (χ3v) is 11.8. The molecule has 0 aliphatic carbocycles. The molecule has 88 heavy (non-hydrogen) atoms. The summed E-state index contributed by atoms with van der Waals surface area (Å²) in [4.78, 5) is 102. The number of guanidine groups is 1. The van der Waals surface area contributed by atoms with Crippen molar-refractivity contribution in [2.75, 3.05) is 190 Å². The Bertz CT molecular complexity index is 2360. The molecule has 1 aliphatic heterocycles. The SMILES string of the molecule is NC(N)=Nc1cccc(C(=O)NCC(=O)N[C@@H](CC(=O)O)C(=O)Nc2ccc(CCCCNC(=O)CCOCCOCCOCCOCCOCCOCCOCCOCCOCCOCCOCCOCCNC(=O)CCN3C(=O)C=CC3=O)cc2)c1. The molecule has 0 aromatic heterocycles. The fourth-order valence-corrected chi connectivity index (χ4v) is 7.41. The number of hydrogen-bond donors (Lipinski definition) is 8. The number of carboxylic acids is 1. The molecule has 1 atom stereocenters. The first-order chi connectivity index (χ1) is 42.8. The van der Waals surface area contributed by atoms with Crippen LogP contribution < -0.4 is 38.1 Å². The summed E-state index contributed by atoms with van der Waals surface area (Å²) in [5.74, 6) is -4.84. The van der Waals surface area contributed by atoms with Crippen molar-refractivity contribution in [3.8, 4) is 0 Å². The fourth-order valence-electron chi connectivity index (χ4n) is 7.41. The van der Waals surface area contributed by atoms with Gasteiger partial charge in [-0.1, -0.05) is 18.2 Å². The lowest BCUT2D eigenvalue weighted by Crippen LogP contribution is -2.48. The van der Waals surface area contributed by atoms with E-state index >= 15 is 0 Å². The standard InChI is InChI=1S/C58H89N9O21/c59-58(60)65-48-6-3-5-46(42-48)56(75)63-44-52(70)66-49(43-55(73)74)57(76)64-47-9-7-45(8-10-47)4-1-2-15-61-51(69)14-18-77-20-22-79-24-26-81-28-30-83-32-34-85-36-38-87-40-41-88-39-37-86-35-33-84-31-29-82-27-25-80-23-21-78-19-16-62-50(68)13-17-67-53(71)11-12-54(67)72/h3,5-12,42,49H,1-2,4,13-41,43-44H2,(H,61,69)(H,62,68)(H,63,75)(H,64,76)(H,66,70)(H,73,74)(H4,59,60,65)/t49-/m0/s1. The highest BCUT2D eigenvalue weighted by molar-refractivity contribution is 6.13. The summed E-state index contributed by atoms with van der Waals surface area (Å²) in [6.07, 6.45) is 4.19. The van der Waals surface area contributed by atoms with Crippen LogP contribution in [-0.2, 0) is 96.8 Å². The van der Waals surface area contributed by atoms with Crippen LogP contribution >= 0.6 is 0 Å². The lowest BCUT2D eigenvalue weighted by molar-refractivity contribution is -0.140. The number of nitrogens with zero attached hydrogens (tertiary/aromatic N) is 2. The molecule has 30 heteroatoms. The number of amides is 7.